The third kappa shape index (κ3) is 4.26. The van der Waals surface area contributed by atoms with Gasteiger partial charge in [-0.25, -0.2) is 0 Å². The number of rotatable bonds is 5. The van der Waals surface area contributed by atoms with Crippen molar-refractivity contribution in [2.45, 2.75) is 25.5 Å². The molecule has 1 aromatic carbocycles. The van der Waals surface area contributed by atoms with E-state index in [1.54, 1.807) is 23.9 Å². The van der Waals surface area contributed by atoms with Gasteiger partial charge in [-0.2, -0.15) is 0 Å². The van der Waals surface area contributed by atoms with Crippen LogP contribution in [-0.4, -0.2) is 16.9 Å². The maximum absolute atomic E-state index is 11.9. The highest BCUT2D eigenvalue weighted by Crippen LogP contribution is 2.32. The number of amides is 1. The van der Waals surface area contributed by atoms with Gasteiger partial charge in [0.1, 0.15) is 0 Å². The van der Waals surface area contributed by atoms with Gasteiger partial charge in [0.2, 0.25) is 5.91 Å². The summed E-state index contributed by atoms with van der Waals surface area (Å²) in [5.41, 5.74) is 6.58. The van der Waals surface area contributed by atoms with Gasteiger partial charge in [-0.05, 0) is 31.2 Å². The van der Waals surface area contributed by atoms with Crippen molar-refractivity contribution in [1.29, 1.82) is 0 Å². The molecule has 1 atom stereocenters. The Labute approximate surface area is 121 Å². The summed E-state index contributed by atoms with van der Waals surface area (Å²) in [5, 5.41) is 3.39. The van der Waals surface area contributed by atoms with Crippen molar-refractivity contribution in [3.8, 4) is 0 Å². The van der Waals surface area contributed by atoms with E-state index in [-0.39, 0.29) is 11.2 Å². The number of hydrogen-bond donors (Lipinski definition) is 2. The number of carbonyl (C=O) groups excluding carboxylic acids is 1. The second kappa shape index (κ2) is 7.12. The molecule has 0 spiro atoms. The average molecular weight is 307 g/mol. The first kappa shape index (κ1) is 15.5. The highest BCUT2D eigenvalue weighted by molar-refractivity contribution is 8.00. The minimum Gasteiger partial charge on any atom is -0.397 e. The maximum atomic E-state index is 11.9. The van der Waals surface area contributed by atoms with Crippen LogP contribution in [-0.2, 0) is 4.79 Å². The lowest BCUT2D eigenvalue weighted by Crippen LogP contribution is -2.23. The first-order chi connectivity index (χ1) is 8.45. The molecule has 1 aromatic rings. The van der Waals surface area contributed by atoms with Crippen LogP contribution in [0.15, 0.2) is 12.1 Å². The van der Waals surface area contributed by atoms with Crippen molar-refractivity contribution in [1.82, 2.24) is 0 Å². The van der Waals surface area contributed by atoms with Crippen molar-refractivity contribution in [2.75, 3.05) is 16.8 Å². The molecule has 3 N–H and O–H groups in total. The Morgan fingerprint density at radius 1 is 1.50 bits per heavy atom. The molecule has 0 radical (unpaired) electrons. The second-order valence-corrected chi connectivity index (χ2v) is 6.15. The molecule has 100 valence electrons. The van der Waals surface area contributed by atoms with Crippen molar-refractivity contribution in [2.24, 2.45) is 0 Å². The fraction of sp³-hybridized carbons (Fsp3) is 0.417. The molecule has 1 rings (SSSR count). The molecular formula is C12H16Cl2N2OS. The molecule has 3 nitrogen and oxygen atoms in total. The largest absolute Gasteiger partial charge is 0.397 e. The molecule has 1 unspecified atom stereocenters. The van der Waals surface area contributed by atoms with Crippen LogP contribution in [0, 0.1) is 0 Å². The van der Waals surface area contributed by atoms with E-state index < -0.39 is 0 Å². The molecule has 0 aromatic heterocycles. The predicted molar refractivity (Wildman–Crippen MR) is 81.7 cm³/mol. The number of anilines is 2. The van der Waals surface area contributed by atoms with Gasteiger partial charge in [-0.15, -0.1) is 11.8 Å². The molecule has 0 fully saturated rings. The lowest BCUT2D eigenvalue weighted by atomic mass is 10.2. The SMILES string of the molecule is CCCSC(C)C(=O)Nc1c(N)cc(Cl)cc1Cl. The monoisotopic (exact) mass is 306 g/mol. The predicted octanol–water partition coefficient (Wildman–Crippen LogP) is 4.05. The Hall–Kier alpha value is -0.580. The van der Waals surface area contributed by atoms with Crippen molar-refractivity contribution < 1.29 is 4.79 Å². The van der Waals surface area contributed by atoms with Gasteiger partial charge in [0.25, 0.3) is 0 Å². The quantitative estimate of drug-likeness (QED) is 0.807. The molecule has 0 aliphatic rings. The fourth-order valence-corrected chi connectivity index (χ4v) is 2.68. The zero-order valence-corrected chi connectivity index (χ0v) is 12.6. The van der Waals surface area contributed by atoms with Crippen LogP contribution in [0.3, 0.4) is 0 Å². The molecule has 0 bridgehead atoms. The van der Waals surface area contributed by atoms with Crippen LogP contribution in [0.4, 0.5) is 11.4 Å². The van der Waals surface area contributed by atoms with Gasteiger partial charge in [-0.3, -0.25) is 4.79 Å². The summed E-state index contributed by atoms with van der Waals surface area (Å²) in [5.74, 6) is 0.836. The summed E-state index contributed by atoms with van der Waals surface area (Å²) < 4.78 is 0. The van der Waals surface area contributed by atoms with E-state index in [9.17, 15) is 4.79 Å². The summed E-state index contributed by atoms with van der Waals surface area (Å²) in [6, 6.07) is 3.12. The normalized spacial score (nSPS) is 12.2. The Kier molecular flexibility index (Phi) is 6.12. The molecule has 0 saturated heterocycles. The van der Waals surface area contributed by atoms with Gasteiger partial charge < -0.3 is 11.1 Å². The standard InChI is InChI=1S/C12H16Cl2N2OS/c1-3-4-18-7(2)12(17)16-11-9(14)5-8(13)6-10(11)15/h5-7H,3-4,15H2,1-2H3,(H,16,17). The van der Waals surface area contributed by atoms with Gasteiger partial charge in [0.05, 0.1) is 21.6 Å². The number of nitrogens with two attached hydrogens (primary N) is 1. The van der Waals surface area contributed by atoms with E-state index in [4.69, 9.17) is 28.9 Å². The first-order valence-corrected chi connectivity index (χ1v) is 7.43. The van der Waals surface area contributed by atoms with Gasteiger partial charge in [-0.1, -0.05) is 30.1 Å². The van der Waals surface area contributed by atoms with E-state index in [0.29, 0.717) is 21.4 Å². The maximum Gasteiger partial charge on any atom is 0.237 e. The highest BCUT2D eigenvalue weighted by Gasteiger charge is 2.16. The molecular weight excluding hydrogens is 291 g/mol. The third-order valence-electron chi connectivity index (χ3n) is 2.27. The summed E-state index contributed by atoms with van der Waals surface area (Å²) in [4.78, 5) is 11.9. The van der Waals surface area contributed by atoms with Crippen LogP contribution in [0.25, 0.3) is 0 Å². The summed E-state index contributed by atoms with van der Waals surface area (Å²) in [7, 11) is 0. The molecule has 6 heteroatoms. The second-order valence-electron chi connectivity index (χ2n) is 3.85. The highest BCUT2D eigenvalue weighted by atomic mass is 35.5. The third-order valence-corrected chi connectivity index (χ3v) is 4.15. The zero-order chi connectivity index (χ0) is 13.7. The minimum absolute atomic E-state index is 0.107. The number of nitrogens with one attached hydrogen (secondary N) is 1. The Bertz CT molecular complexity index is 417. The molecule has 0 heterocycles. The lowest BCUT2D eigenvalue weighted by molar-refractivity contribution is -0.115. The van der Waals surface area contributed by atoms with Gasteiger partial charge in [0.15, 0.2) is 0 Å². The summed E-state index contributed by atoms with van der Waals surface area (Å²) in [6.07, 6.45) is 1.03. The Morgan fingerprint density at radius 3 is 2.72 bits per heavy atom. The first-order valence-electron chi connectivity index (χ1n) is 5.62. The topological polar surface area (TPSA) is 55.1 Å². The number of nitrogen functional groups attached to an aromatic ring is 1. The molecule has 0 aliphatic heterocycles. The minimum atomic E-state index is -0.143. The van der Waals surface area contributed by atoms with E-state index in [1.807, 2.05) is 6.92 Å². The van der Waals surface area contributed by atoms with E-state index >= 15 is 0 Å². The van der Waals surface area contributed by atoms with Crippen LogP contribution in [0.5, 0.6) is 0 Å². The zero-order valence-electron chi connectivity index (χ0n) is 10.3. The average Bonchev–Trinajstić information content (AvgIpc) is 2.30. The summed E-state index contributed by atoms with van der Waals surface area (Å²) >= 11 is 13.4. The molecule has 1 amide bonds. The van der Waals surface area contributed by atoms with Crippen LogP contribution < -0.4 is 11.1 Å². The van der Waals surface area contributed by atoms with Gasteiger partial charge >= 0.3 is 0 Å². The van der Waals surface area contributed by atoms with Crippen LogP contribution in [0.1, 0.15) is 20.3 Å². The van der Waals surface area contributed by atoms with E-state index in [2.05, 4.69) is 12.2 Å². The van der Waals surface area contributed by atoms with Crippen LogP contribution >= 0.6 is 35.0 Å². The number of carbonyl (C=O) groups is 1. The van der Waals surface area contributed by atoms with Gasteiger partial charge in [0, 0.05) is 5.02 Å². The molecule has 0 saturated carbocycles. The van der Waals surface area contributed by atoms with Crippen molar-refractivity contribution >= 4 is 52.2 Å². The lowest BCUT2D eigenvalue weighted by Gasteiger charge is -2.14. The van der Waals surface area contributed by atoms with E-state index in [1.165, 1.54) is 0 Å². The molecule has 18 heavy (non-hydrogen) atoms. The Morgan fingerprint density at radius 2 is 2.17 bits per heavy atom. The van der Waals surface area contributed by atoms with E-state index in [0.717, 1.165) is 12.2 Å². The number of benzene rings is 1. The smallest absolute Gasteiger partial charge is 0.237 e. The van der Waals surface area contributed by atoms with Crippen molar-refractivity contribution in [3.05, 3.63) is 22.2 Å². The van der Waals surface area contributed by atoms with Crippen molar-refractivity contribution in [3.63, 3.8) is 0 Å². The number of thioether (sulfide) groups is 1. The molecule has 0 aliphatic carbocycles. The number of halogens is 2. The summed E-state index contributed by atoms with van der Waals surface area (Å²) in [6.45, 7) is 3.93. The van der Waals surface area contributed by atoms with Crippen LogP contribution in [0.2, 0.25) is 10.0 Å². The Balaban J connectivity index is 2.76. The fourth-order valence-electron chi connectivity index (χ4n) is 1.32. The number of hydrogen-bond acceptors (Lipinski definition) is 3.